The number of benzene rings is 2. The molecule has 0 radical (unpaired) electrons. The molecule has 6 nitrogen and oxygen atoms in total. The van der Waals surface area contributed by atoms with E-state index in [1.165, 1.54) is 17.0 Å². The third-order valence-electron chi connectivity index (χ3n) is 3.59. The van der Waals surface area contributed by atoms with E-state index in [1.54, 1.807) is 12.1 Å². The molecule has 0 heterocycles. The normalized spacial score (nSPS) is 11.4. The fourth-order valence-electron chi connectivity index (χ4n) is 2.49. The van der Waals surface area contributed by atoms with Gasteiger partial charge in [0.2, 0.25) is 0 Å². The zero-order valence-corrected chi connectivity index (χ0v) is 16.6. The lowest BCUT2D eigenvalue weighted by atomic mass is 10.1. The molecule has 0 fully saturated rings. The Balaban J connectivity index is 2.13. The van der Waals surface area contributed by atoms with E-state index < -0.39 is 27.8 Å². The van der Waals surface area contributed by atoms with Gasteiger partial charge in [0.25, 0.3) is 0 Å². The highest BCUT2D eigenvalue weighted by Gasteiger charge is 2.17. The van der Waals surface area contributed by atoms with Gasteiger partial charge >= 0.3 is 16.1 Å². The molecule has 0 spiro atoms. The molecule has 0 atom stereocenters. The van der Waals surface area contributed by atoms with Crippen LogP contribution < -0.4 is 9.50 Å². The molecule has 1 N–H and O–H groups in total. The monoisotopic (exact) mass is 412 g/mol. The van der Waals surface area contributed by atoms with Crippen LogP contribution in [0.1, 0.15) is 19.4 Å². The standard InChI is InChI=1S/C19H22F2N2O4S/c1-13(2)11-23(19(24)22-18-9-6-15(20)10-17(18)21)12-14-4-7-16(8-5-14)27-28(3,25)26/h4-10,13H,11-12H2,1-3H3,(H,22,24). The molecular formula is C19H22F2N2O4S. The smallest absolute Gasteiger partial charge is 0.322 e. The van der Waals surface area contributed by atoms with E-state index in [9.17, 15) is 22.0 Å². The molecule has 0 saturated carbocycles. The first kappa shape index (κ1) is 21.6. The topological polar surface area (TPSA) is 75.7 Å². The Kier molecular flexibility index (Phi) is 6.95. The maximum Gasteiger partial charge on any atom is 0.322 e. The number of halogens is 2. The van der Waals surface area contributed by atoms with E-state index in [0.717, 1.165) is 24.0 Å². The summed E-state index contributed by atoms with van der Waals surface area (Å²) < 4.78 is 53.9. The predicted octanol–water partition coefficient (Wildman–Crippen LogP) is 3.99. The van der Waals surface area contributed by atoms with Gasteiger partial charge in [0, 0.05) is 19.2 Å². The Bertz CT molecular complexity index is 931. The molecule has 0 bridgehead atoms. The number of hydrogen-bond donors (Lipinski definition) is 1. The number of rotatable bonds is 7. The summed E-state index contributed by atoms with van der Waals surface area (Å²) in [6.45, 7) is 4.48. The highest BCUT2D eigenvalue weighted by molar-refractivity contribution is 7.86. The molecule has 2 rings (SSSR count). The Morgan fingerprint density at radius 3 is 2.32 bits per heavy atom. The Morgan fingerprint density at radius 2 is 1.79 bits per heavy atom. The summed E-state index contributed by atoms with van der Waals surface area (Å²) in [6.07, 6.45) is 0.949. The molecule has 0 saturated heterocycles. The summed E-state index contributed by atoms with van der Waals surface area (Å²) in [6, 6.07) is 8.64. The Morgan fingerprint density at radius 1 is 1.14 bits per heavy atom. The van der Waals surface area contributed by atoms with Crippen molar-refractivity contribution >= 4 is 21.8 Å². The van der Waals surface area contributed by atoms with E-state index in [2.05, 4.69) is 5.32 Å². The van der Waals surface area contributed by atoms with Crippen molar-refractivity contribution in [1.82, 2.24) is 4.90 Å². The van der Waals surface area contributed by atoms with Crippen molar-refractivity contribution in [3.63, 3.8) is 0 Å². The van der Waals surface area contributed by atoms with Crippen molar-refractivity contribution in [3.8, 4) is 5.75 Å². The molecule has 28 heavy (non-hydrogen) atoms. The Labute approximate surface area is 163 Å². The number of hydrogen-bond acceptors (Lipinski definition) is 4. The molecule has 2 aromatic rings. The second-order valence-corrected chi connectivity index (χ2v) is 8.34. The molecule has 2 amide bonds. The molecule has 152 valence electrons. The quantitative estimate of drug-likeness (QED) is 0.698. The van der Waals surface area contributed by atoms with Gasteiger partial charge in [-0.15, -0.1) is 0 Å². The molecule has 9 heteroatoms. The van der Waals surface area contributed by atoms with Crippen LogP contribution in [0.15, 0.2) is 42.5 Å². The van der Waals surface area contributed by atoms with Crippen molar-refractivity contribution in [2.75, 3.05) is 18.1 Å². The second kappa shape index (κ2) is 9.01. The predicted molar refractivity (Wildman–Crippen MR) is 103 cm³/mol. The molecule has 2 aromatic carbocycles. The minimum atomic E-state index is -3.62. The highest BCUT2D eigenvalue weighted by atomic mass is 32.2. The van der Waals surface area contributed by atoms with Gasteiger partial charge in [-0.2, -0.15) is 8.42 Å². The maximum atomic E-state index is 13.8. The molecule has 0 aliphatic carbocycles. The zero-order valence-electron chi connectivity index (χ0n) is 15.8. The van der Waals surface area contributed by atoms with Crippen LogP contribution in [0.5, 0.6) is 5.75 Å². The van der Waals surface area contributed by atoms with E-state index in [1.807, 2.05) is 13.8 Å². The molecular weight excluding hydrogens is 390 g/mol. The summed E-state index contributed by atoms with van der Waals surface area (Å²) >= 11 is 0. The number of nitrogens with zero attached hydrogens (tertiary/aromatic N) is 1. The van der Waals surface area contributed by atoms with Crippen LogP contribution >= 0.6 is 0 Å². The van der Waals surface area contributed by atoms with Crippen LogP contribution in [0.25, 0.3) is 0 Å². The molecule has 0 aliphatic heterocycles. The second-order valence-electron chi connectivity index (χ2n) is 6.76. The number of anilines is 1. The van der Waals surface area contributed by atoms with E-state index in [4.69, 9.17) is 4.18 Å². The Hall–Kier alpha value is -2.68. The van der Waals surface area contributed by atoms with Crippen molar-refractivity contribution < 1.29 is 26.2 Å². The number of carbonyl (C=O) groups is 1. The third-order valence-corrected chi connectivity index (χ3v) is 4.09. The summed E-state index contributed by atoms with van der Waals surface area (Å²) in [5, 5.41) is 2.45. The lowest BCUT2D eigenvalue weighted by Gasteiger charge is -2.25. The van der Waals surface area contributed by atoms with Gasteiger partial charge in [0.1, 0.15) is 17.4 Å². The minimum absolute atomic E-state index is 0.114. The van der Waals surface area contributed by atoms with E-state index in [-0.39, 0.29) is 23.9 Å². The first-order valence-corrected chi connectivity index (χ1v) is 10.3. The van der Waals surface area contributed by atoms with Crippen molar-refractivity contribution in [1.29, 1.82) is 0 Å². The van der Waals surface area contributed by atoms with Crippen molar-refractivity contribution in [2.24, 2.45) is 5.92 Å². The maximum absolute atomic E-state index is 13.8. The fourth-order valence-corrected chi connectivity index (χ4v) is 2.95. The van der Waals surface area contributed by atoms with E-state index in [0.29, 0.717) is 12.6 Å². The number of carbonyl (C=O) groups excluding carboxylic acids is 1. The third kappa shape index (κ3) is 6.80. The number of urea groups is 1. The molecule has 0 aromatic heterocycles. The summed E-state index contributed by atoms with van der Waals surface area (Å²) in [7, 11) is -3.62. The average Bonchev–Trinajstić information content (AvgIpc) is 2.56. The lowest BCUT2D eigenvalue weighted by Crippen LogP contribution is -2.37. The largest absolute Gasteiger partial charge is 0.383 e. The van der Waals surface area contributed by atoms with Gasteiger partial charge in [-0.05, 0) is 35.7 Å². The summed E-state index contributed by atoms with van der Waals surface area (Å²) in [5.41, 5.74) is 0.619. The van der Waals surface area contributed by atoms with Crippen LogP contribution in [0.3, 0.4) is 0 Å². The van der Waals surface area contributed by atoms with Crippen LogP contribution in [0.4, 0.5) is 19.3 Å². The molecule has 0 unspecified atom stereocenters. The van der Waals surface area contributed by atoms with Gasteiger partial charge in [-0.25, -0.2) is 13.6 Å². The highest BCUT2D eigenvalue weighted by Crippen LogP contribution is 2.18. The molecule has 0 aliphatic rings. The first-order valence-electron chi connectivity index (χ1n) is 8.53. The average molecular weight is 412 g/mol. The van der Waals surface area contributed by atoms with Gasteiger partial charge in [-0.1, -0.05) is 26.0 Å². The SMILES string of the molecule is CC(C)CN(Cc1ccc(OS(C)(=O)=O)cc1)C(=O)Nc1ccc(F)cc1F. The number of amides is 2. The van der Waals surface area contributed by atoms with Crippen molar-refractivity contribution in [3.05, 3.63) is 59.7 Å². The fraction of sp³-hybridized carbons (Fsp3) is 0.316. The van der Waals surface area contributed by atoms with Crippen LogP contribution in [0, 0.1) is 17.6 Å². The zero-order chi connectivity index (χ0) is 20.9. The van der Waals surface area contributed by atoms with Crippen LogP contribution in [-0.4, -0.2) is 32.1 Å². The summed E-state index contributed by atoms with van der Waals surface area (Å²) in [5.74, 6) is -1.28. The lowest BCUT2D eigenvalue weighted by molar-refractivity contribution is 0.201. The summed E-state index contributed by atoms with van der Waals surface area (Å²) in [4.78, 5) is 14.1. The van der Waals surface area contributed by atoms with Crippen molar-refractivity contribution in [2.45, 2.75) is 20.4 Å². The van der Waals surface area contributed by atoms with Gasteiger partial charge in [0.15, 0.2) is 0 Å². The van der Waals surface area contributed by atoms with Gasteiger partial charge in [-0.3, -0.25) is 0 Å². The number of nitrogens with one attached hydrogen (secondary N) is 1. The minimum Gasteiger partial charge on any atom is -0.383 e. The van der Waals surface area contributed by atoms with Crippen LogP contribution in [-0.2, 0) is 16.7 Å². The van der Waals surface area contributed by atoms with E-state index >= 15 is 0 Å². The van der Waals surface area contributed by atoms with Crippen LogP contribution in [0.2, 0.25) is 0 Å². The van der Waals surface area contributed by atoms with Gasteiger partial charge < -0.3 is 14.4 Å². The first-order chi connectivity index (χ1) is 13.0. The van der Waals surface area contributed by atoms with Gasteiger partial charge in [0.05, 0.1) is 11.9 Å².